The number of hydrogen-bond acceptors (Lipinski definition) is 3. The molecule has 0 aromatic heterocycles. The molecule has 20 heavy (non-hydrogen) atoms. The Morgan fingerprint density at radius 2 is 1.95 bits per heavy atom. The Kier molecular flexibility index (Phi) is 4.60. The van der Waals surface area contributed by atoms with Gasteiger partial charge in [-0.15, -0.1) is 0 Å². The van der Waals surface area contributed by atoms with Crippen LogP contribution < -0.4 is 10.7 Å². The van der Waals surface area contributed by atoms with Crippen LogP contribution in [0.3, 0.4) is 0 Å². The van der Waals surface area contributed by atoms with E-state index in [0.717, 1.165) is 12.8 Å². The Balaban J connectivity index is 2.18. The quantitative estimate of drug-likeness (QED) is 0.894. The summed E-state index contributed by atoms with van der Waals surface area (Å²) in [6.45, 7) is 4.20. The van der Waals surface area contributed by atoms with Gasteiger partial charge in [-0.05, 0) is 38.8 Å². The van der Waals surface area contributed by atoms with Gasteiger partial charge in [0, 0.05) is 19.1 Å². The topological polar surface area (TPSA) is 44.4 Å². The number of para-hydroxylation sites is 1. The number of amides is 1. The van der Waals surface area contributed by atoms with E-state index in [1.165, 1.54) is 12.5 Å². The number of piperidine rings is 1. The lowest BCUT2D eigenvalue weighted by atomic mass is 10.00. The molecular formula is C15H22FN3O. The Hall–Kier alpha value is -1.62. The predicted molar refractivity (Wildman–Crippen MR) is 78.0 cm³/mol. The van der Waals surface area contributed by atoms with Crippen LogP contribution >= 0.6 is 0 Å². The second kappa shape index (κ2) is 6.22. The number of nitrogens with zero attached hydrogens (tertiary/aromatic N) is 1. The first-order valence-electron chi connectivity index (χ1n) is 7.10. The van der Waals surface area contributed by atoms with Crippen LogP contribution in [-0.2, 0) is 0 Å². The fourth-order valence-electron chi connectivity index (χ4n) is 2.79. The van der Waals surface area contributed by atoms with E-state index in [9.17, 15) is 9.18 Å². The van der Waals surface area contributed by atoms with Gasteiger partial charge in [-0.3, -0.25) is 10.2 Å². The number of anilines is 1. The largest absolute Gasteiger partial charge is 0.385 e. The van der Waals surface area contributed by atoms with Gasteiger partial charge in [-0.2, -0.15) is 0 Å². The van der Waals surface area contributed by atoms with Gasteiger partial charge in [0.05, 0.1) is 11.3 Å². The van der Waals surface area contributed by atoms with Crippen LogP contribution in [0.25, 0.3) is 0 Å². The monoisotopic (exact) mass is 279 g/mol. The number of benzene rings is 1. The molecule has 2 atom stereocenters. The second-order valence-electron chi connectivity index (χ2n) is 5.39. The number of hydrogen-bond donors (Lipinski definition) is 2. The molecule has 1 aromatic carbocycles. The van der Waals surface area contributed by atoms with Crippen molar-refractivity contribution in [1.29, 1.82) is 0 Å². The van der Waals surface area contributed by atoms with Crippen LogP contribution in [0.15, 0.2) is 18.2 Å². The Morgan fingerprint density at radius 1 is 1.30 bits per heavy atom. The fourth-order valence-corrected chi connectivity index (χ4v) is 2.79. The molecule has 1 aromatic rings. The van der Waals surface area contributed by atoms with Crippen LogP contribution in [-0.4, -0.2) is 30.0 Å². The summed E-state index contributed by atoms with van der Waals surface area (Å²) in [6, 6.07) is 5.12. The van der Waals surface area contributed by atoms with E-state index < -0.39 is 5.82 Å². The number of rotatable bonds is 3. The van der Waals surface area contributed by atoms with Gasteiger partial charge in [0.1, 0.15) is 5.82 Å². The number of carbonyl (C=O) groups excluding carboxylic acids is 1. The third-order valence-corrected chi connectivity index (χ3v) is 3.93. The standard InChI is InChI=1S/C15H22FN3O/c1-10-6-4-7-11(2)19(10)18-15(20)12-8-5-9-13(16)14(12)17-3/h5,8-11,17H,4,6-7H2,1-3H3,(H,18,20). The van der Waals surface area contributed by atoms with Crippen molar-refractivity contribution in [1.82, 2.24) is 10.4 Å². The number of carbonyl (C=O) groups is 1. The summed E-state index contributed by atoms with van der Waals surface area (Å²) in [4.78, 5) is 12.4. The summed E-state index contributed by atoms with van der Waals surface area (Å²) in [7, 11) is 1.61. The molecule has 2 N–H and O–H groups in total. The van der Waals surface area contributed by atoms with Crippen LogP contribution in [0.2, 0.25) is 0 Å². The van der Waals surface area contributed by atoms with Crippen molar-refractivity contribution < 1.29 is 9.18 Å². The van der Waals surface area contributed by atoms with Crippen molar-refractivity contribution in [3.8, 4) is 0 Å². The third-order valence-electron chi connectivity index (χ3n) is 3.93. The summed E-state index contributed by atoms with van der Waals surface area (Å²) in [6.07, 6.45) is 3.30. The predicted octanol–water partition coefficient (Wildman–Crippen LogP) is 2.78. The first-order valence-corrected chi connectivity index (χ1v) is 7.10. The maximum atomic E-state index is 13.7. The molecule has 1 amide bonds. The number of nitrogens with one attached hydrogen (secondary N) is 2. The zero-order valence-electron chi connectivity index (χ0n) is 12.2. The highest BCUT2D eigenvalue weighted by Gasteiger charge is 2.27. The van der Waals surface area contributed by atoms with E-state index in [-0.39, 0.29) is 11.6 Å². The summed E-state index contributed by atoms with van der Waals surface area (Å²) < 4.78 is 13.7. The van der Waals surface area contributed by atoms with Gasteiger partial charge in [0.2, 0.25) is 0 Å². The second-order valence-corrected chi connectivity index (χ2v) is 5.39. The van der Waals surface area contributed by atoms with Crippen LogP contribution in [0.1, 0.15) is 43.5 Å². The van der Waals surface area contributed by atoms with Crippen LogP contribution in [0, 0.1) is 5.82 Å². The van der Waals surface area contributed by atoms with Crippen molar-refractivity contribution in [3.05, 3.63) is 29.6 Å². The summed E-state index contributed by atoms with van der Waals surface area (Å²) in [5.74, 6) is -0.686. The maximum Gasteiger partial charge on any atom is 0.267 e. The lowest BCUT2D eigenvalue weighted by Crippen LogP contribution is -2.54. The van der Waals surface area contributed by atoms with E-state index >= 15 is 0 Å². The van der Waals surface area contributed by atoms with E-state index in [1.807, 2.05) is 5.01 Å². The van der Waals surface area contributed by atoms with E-state index in [2.05, 4.69) is 24.6 Å². The zero-order valence-corrected chi connectivity index (χ0v) is 12.2. The van der Waals surface area contributed by atoms with Crippen LogP contribution in [0.4, 0.5) is 10.1 Å². The highest BCUT2D eigenvalue weighted by molar-refractivity contribution is 5.99. The molecule has 110 valence electrons. The first-order chi connectivity index (χ1) is 9.54. The summed E-state index contributed by atoms with van der Waals surface area (Å²) in [5, 5.41) is 4.73. The average molecular weight is 279 g/mol. The molecule has 4 nitrogen and oxygen atoms in total. The van der Waals surface area contributed by atoms with Crippen molar-refractivity contribution in [2.75, 3.05) is 12.4 Å². The summed E-state index contributed by atoms with van der Waals surface area (Å²) >= 11 is 0. The van der Waals surface area contributed by atoms with E-state index in [0.29, 0.717) is 17.6 Å². The zero-order chi connectivity index (χ0) is 14.7. The Morgan fingerprint density at radius 3 is 2.55 bits per heavy atom. The highest BCUT2D eigenvalue weighted by Crippen LogP contribution is 2.22. The molecule has 5 heteroatoms. The molecular weight excluding hydrogens is 257 g/mol. The Bertz CT molecular complexity index is 482. The van der Waals surface area contributed by atoms with Crippen molar-refractivity contribution >= 4 is 11.6 Å². The molecule has 0 bridgehead atoms. The molecule has 2 rings (SSSR count). The molecule has 0 saturated carbocycles. The fraction of sp³-hybridized carbons (Fsp3) is 0.533. The minimum absolute atomic E-state index is 0.238. The number of hydrazine groups is 1. The van der Waals surface area contributed by atoms with E-state index in [1.54, 1.807) is 19.2 Å². The van der Waals surface area contributed by atoms with Crippen molar-refractivity contribution in [2.24, 2.45) is 0 Å². The van der Waals surface area contributed by atoms with Gasteiger partial charge in [-0.25, -0.2) is 9.40 Å². The number of halogens is 1. The minimum Gasteiger partial charge on any atom is -0.385 e. The van der Waals surface area contributed by atoms with Gasteiger partial charge in [0.25, 0.3) is 5.91 Å². The van der Waals surface area contributed by atoms with Crippen LogP contribution in [0.5, 0.6) is 0 Å². The molecule has 1 saturated heterocycles. The normalized spacial score (nSPS) is 23.4. The highest BCUT2D eigenvalue weighted by atomic mass is 19.1. The van der Waals surface area contributed by atoms with Gasteiger partial charge in [0.15, 0.2) is 0 Å². The molecule has 0 radical (unpaired) electrons. The van der Waals surface area contributed by atoms with Gasteiger partial charge >= 0.3 is 0 Å². The maximum absolute atomic E-state index is 13.7. The Labute approximate surface area is 119 Å². The molecule has 1 heterocycles. The van der Waals surface area contributed by atoms with Gasteiger partial charge < -0.3 is 5.32 Å². The molecule has 1 aliphatic heterocycles. The molecule has 2 unspecified atom stereocenters. The molecule has 0 aliphatic carbocycles. The molecule has 1 aliphatic rings. The van der Waals surface area contributed by atoms with Crippen molar-refractivity contribution in [2.45, 2.75) is 45.2 Å². The third kappa shape index (κ3) is 2.93. The lowest BCUT2D eigenvalue weighted by molar-refractivity contribution is 0.0370. The SMILES string of the molecule is CNc1c(F)cccc1C(=O)NN1C(C)CCCC1C. The smallest absolute Gasteiger partial charge is 0.267 e. The minimum atomic E-state index is -0.417. The first kappa shape index (κ1) is 14.8. The summed E-state index contributed by atoms with van der Waals surface area (Å²) in [5.41, 5.74) is 3.49. The van der Waals surface area contributed by atoms with Gasteiger partial charge in [-0.1, -0.05) is 12.5 Å². The van der Waals surface area contributed by atoms with E-state index in [4.69, 9.17) is 0 Å². The molecule has 1 fully saturated rings. The molecule has 0 spiro atoms. The van der Waals surface area contributed by atoms with Crippen molar-refractivity contribution in [3.63, 3.8) is 0 Å². The average Bonchev–Trinajstić information content (AvgIpc) is 2.42. The lowest BCUT2D eigenvalue weighted by Gasteiger charge is -2.38.